The van der Waals surface area contributed by atoms with Crippen LogP contribution in [0.15, 0.2) is 42.5 Å². The fourth-order valence-corrected chi connectivity index (χ4v) is 3.40. The number of hydrogen-bond acceptors (Lipinski definition) is 5. The summed E-state index contributed by atoms with van der Waals surface area (Å²) in [4.78, 5) is 27.9. The van der Waals surface area contributed by atoms with Crippen LogP contribution in [0, 0.1) is 5.82 Å². The lowest BCUT2D eigenvalue weighted by molar-refractivity contribution is -0.137. The molecule has 0 unspecified atom stereocenters. The van der Waals surface area contributed by atoms with Crippen LogP contribution in [-0.2, 0) is 20.5 Å². The monoisotopic (exact) mass is 468 g/mol. The first-order chi connectivity index (χ1) is 15.6. The number of alkyl halides is 3. The van der Waals surface area contributed by atoms with E-state index in [1.54, 1.807) is 0 Å². The summed E-state index contributed by atoms with van der Waals surface area (Å²) in [6.07, 6.45) is -4.56. The van der Waals surface area contributed by atoms with Gasteiger partial charge in [-0.3, -0.25) is 14.5 Å². The molecule has 2 amide bonds. The summed E-state index contributed by atoms with van der Waals surface area (Å²) in [5.41, 5.74) is -0.102. The minimum atomic E-state index is -4.56. The van der Waals surface area contributed by atoms with E-state index in [-0.39, 0.29) is 24.5 Å². The minimum absolute atomic E-state index is 0.0364. The Balaban J connectivity index is 1.64. The molecule has 1 heterocycles. The van der Waals surface area contributed by atoms with Crippen molar-refractivity contribution in [3.05, 3.63) is 53.8 Å². The van der Waals surface area contributed by atoms with Gasteiger partial charge in [-0.05, 0) is 43.4 Å². The van der Waals surface area contributed by atoms with E-state index in [0.29, 0.717) is 32.0 Å². The Morgan fingerprint density at radius 1 is 1.03 bits per heavy atom. The fourth-order valence-electron chi connectivity index (χ4n) is 3.40. The summed E-state index contributed by atoms with van der Waals surface area (Å²) in [5.74, 6) is -1.55. The zero-order chi connectivity index (χ0) is 24.0. The van der Waals surface area contributed by atoms with E-state index in [1.807, 2.05) is 4.90 Å². The van der Waals surface area contributed by atoms with Gasteiger partial charge in [0.2, 0.25) is 11.8 Å². The summed E-state index contributed by atoms with van der Waals surface area (Å²) in [7, 11) is 1.51. The number of anilines is 3. The van der Waals surface area contributed by atoms with E-state index in [2.05, 4.69) is 10.6 Å². The third-order valence-electron chi connectivity index (χ3n) is 4.89. The summed E-state index contributed by atoms with van der Waals surface area (Å²) < 4.78 is 58.2. The molecule has 3 rings (SSSR count). The molecule has 0 atom stereocenters. The normalized spacial score (nSPS) is 14.3. The molecule has 2 N–H and O–H groups in total. The minimum Gasteiger partial charge on any atom is -0.378 e. The fraction of sp³-hybridized carbons (Fsp3) is 0.364. The number of ether oxygens (including phenoxy) is 1. The van der Waals surface area contributed by atoms with Crippen LogP contribution in [-0.4, -0.2) is 63.2 Å². The molecule has 2 aromatic carbocycles. The Morgan fingerprint density at radius 2 is 1.70 bits per heavy atom. The largest absolute Gasteiger partial charge is 0.416 e. The van der Waals surface area contributed by atoms with Crippen molar-refractivity contribution < 1.29 is 31.9 Å². The van der Waals surface area contributed by atoms with Gasteiger partial charge in [0.15, 0.2) is 0 Å². The predicted octanol–water partition coefficient (Wildman–Crippen LogP) is 3.19. The smallest absolute Gasteiger partial charge is 0.378 e. The van der Waals surface area contributed by atoms with Gasteiger partial charge in [-0.2, -0.15) is 13.2 Å². The van der Waals surface area contributed by atoms with Gasteiger partial charge in [-0.25, -0.2) is 4.39 Å². The van der Waals surface area contributed by atoms with Gasteiger partial charge >= 0.3 is 6.18 Å². The zero-order valence-corrected chi connectivity index (χ0v) is 17.9. The molecule has 2 aromatic rings. The van der Waals surface area contributed by atoms with Crippen molar-refractivity contribution in [3.63, 3.8) is 0 Å². The molecule has 11 heteroatoms. The number of likely N-dealkylation sites (N-methyl/N-ethyl adjacent to an activating group) is 1. The summed E-state index contributed by atoms with van der Waals surface area (Å²) in [5, 5.41) is 5.05. The topological polar surface area (TPSA) is 73.9 Å². The molecule has 1 aliphatic heterocycles. The van der Waals surface area contributed by atoms with Crippen molar-refractivity contribution in [2.75, 3.05) is 62.0 Å². The van der Waals surface area contributed by atoms with E-state index in [1.165, 1.54) is 36.2 Å². The number of halogens is 4. The summed E-state index contributed by atoms with van der Waals surface area (Å²) in [6.45, 7) is 1.40. The molecule has 0 aliphatic carbocycles. The quantitative estimate of drug-likeness (QED) is 0.611. The number of carbonyl (C=O) groups excluding carboxylic acids is 2. The van der Waals surface area contributed by atoms with E-state index in [0.717, 1.165) is 18.2 Å². The number of benzene rings is 2. The van der Waals surface area contributed by atoms with E-state index in [4.69, 9.17) is 4.74 Å². The maximum atomic E-state index is 13.2. The Morgan fingerprint density at radius 3 is 2.33 bits per heavy atom. The highest BCUT2D eigenvalue weighted by Gasteiger charge is 2.32. The first kappa shape index (κ1) is 24.5. The number of nitrogens with one attached hydrogen (secondary N) is 2. The SMILES string of the molecule is CN(CC(=O)Nc1cccc(F)c1)CC(=O)Nc1cc(C(F)(F)F)ccc1N1CCOCC1. The zero-order valence-electron chi connectivity index (χ0n) is 17.9. The number of nitrogens with zero attached hydrogens (tertiary/aromatic N) is 2. The van der Waals surface area contributed by atoms with Crippen molar-refractivity contribution >= 4 is 28.9 Å². The standard InChI is InChI=1S/C22H24F4N4O3/c1-29(13-20(31)27-17-4-2-3-16(23)12-17)14-21(32)28-18-11-15(22(24,25)26)5-6-19(18)30-7-9-33-10-8-30/h2-6,11-12H,7-10,13-14H2,1H3,(H,27,31)(H,28,32). The second-order valence-corrected chi connectivity index (χ2v) is 7.61. The van der Waals surface area contributed by atoms with Gasteiger partial charge in [-0.15, -0.1) is 0 Å². The van der Waals surface area contributed by atoms with Gasteiger partial charge in [0.05, 0.1) is 43.2 Å². The average molecular weight is 468 g/mol. The van der Waals surface area contributed by atoms with Crippen LogP contribution in [0.5, 0.6) is 0 Å². The highest BCUT2D eigenvalue weighted by molar-refractivity contribution is 5.97. The van der Waals surface area contributed by atoms with Gasteiger partial charge in [0, 0.05) is 18.8 Å². The van der Waals surface area contributed by atoms with Crippen LogP contribution >= 0.6 is 0 Å². The Hall–Kier alpha value is -3.18. The van der Waals surface area contributed by atoms with Crippen LogP contribution in [0.2, 0.25) is 0 Å². The predicted molar refractivity (Wildman–Crippen MR) is 116 cm³/mol. The molecule has 0 bridgehead atoms. The maximum Gasteiger partial charge on any atom is 0.416 e. The molecule has 1 fully saturated rings. The number of rotatable bonds is 7. The van der Waals surface area contributed by atoms with Crippen molar-refractivity contribution in [2.45, 2.75) is 6.18 Å². The Kier molecular flexibility index (Phi) is 7.88. The lowest BCUT2D eigenvalue weighted by Crippen LogP contribution is -2.38. The maximum absolute atomic E-state index is 13.2. The first-order valence-electron chi connectivity index (χ1n) is 10.2. The van der Waals surface area contributed by atoms with Gasteiger partial charge < -0.3 is 20.3 Å². The van der Waals surface area contributed by atoms with E-state index >= 15 is 0 Å². The van der Waals surface area contributed by atoms with Gasteiger partial charge in [0.25, 0.3) is 0 Å². The lowest BCUT2D eigenvalue weighted by Gasteiger charge is -2.31. The highest BCUT2D eigenvalue weighted by Crippen LogP contribution is 2.35. The second kappa shape index (κ2) is 10.6. The molecule has 1 aliphatic rings. The molecular formula is C22H24F4N4O3. The molecule has 0 saturated carbocycles. The van der Waals surface area contributed by atoms with Gasteiger partial charge in [-0.1, -0.05) is 6.07 Å². The molecule has 0 aromatic heterocycles. The molecular weight excluding hydrogens is 444 g/mol. The van der Waals surface area contributed by atoms with Crippen molar-refractivity contribution in [3.8, 4) is 0 Å². The Bertz CT molecular complexity index is 994. The third kappa shape index (κ3) is 7.16. The van der Waals surface area contributed by atoms with Crippen LogP contribution in [0.3, 0.4) is 0 Å². The van der Waals surface area contributed by atoms with Crippen LogP contribution < -0.4 is 15.5 Å². The van der Waals surface area contributed by atoms with Crippen LogP contribution in [0.25, 0.3) is 0 Å². The number of amides is 2. The van der Waals surface area contributed by atoms with Crippen molar-refractivity contribution in [1.29, 1.82) is 0 Å². The number of morpholine rings is 1. The lowest BCUT2D eigenvalue weighted by atomic mass is 10.1. The second-order valence-electron chi connectivity index (χ2n) is 7.61. The first-order valence-corrected chi connectivity index (χ1v) is 10.2. The summed E-state index contributed by atoms with van der Waals surface area (Å²) in [6, 6.07) is 8.58. The van der Waals surface area contributed by atoms with E-state index in [9.17, 15) is 27.2 Å². The molecule has 178 valence electrons. The molecule has 33 heavy (non-hydrogen) atoms. The molecule has 1 saturated heterocycles. The molecule has 0 radical (unpaired) electrons. The Labute approximate surface area is 188 Å². The van der Waals surface area contributed by atoms with E-state index < -0.39 is 29.4 Å². The van der Waals surface area contributed by atoms with Crippen LogP contribution in [0.4, 0.5) is 34.6 Å². The van der Waals surface area contributed by atoms with Crippen molar-refractivity contribution in [1.82, 2.24) is 4.90 Å². The third-order valence-corrected chi connectivity index (χ3v) is 4.89. The molecule has 7 nitrogen and oxygen atoms in total. The summed E-state index contributed by atoms with van der Waals surface area (Å²) >= 11 is 0. The average Bonchev–Trinajstić information content (AvgIpc) is 2.73. The van der Waals surface area contributed by atoms with Crippen LogP contribution in [0.1, 0.15) is 5.56 Å². The number of carbonyl (C=O) groups is 2. The number of hydrogen-bond donors (Lipinski definition) is 2. The molecule has 0 spiro atoms. The highest BCUT2D eigenvalue weighted by atomic mass is 19.4. The van der Waals surface area contributed by atoms with Crippen molar-refractivity contribution in [2.24, 2.45) is 0 Å². The van der Waals surface area contributed by atoms with Gasteiger partial charge in [0.1, 0.15) is 5.82 Å².